The van der Waals surface area contributed by atoms with Crippen LogP contribution in [0.5, 0.6) is 0 Å². The van der Waals surface area contributed by atoms with E-state index in [4.69, 9.17) is 4.98 Å². The molecule has 3 aromatic rings. The highest BCUT2D eigenvalue weighted by atomic mass is 16.3. The van der Waals surface area contributed by atoms with E-state index < -0.39 is 5.60 Å². The number of hydrogen-bond acceptors (Lipinski definition) is 4. The van der Waals surface area contributed by atoms with E-state index in [9.17, 15) is 10.4 Å². The molecule has 0 spiro atoms. The second kappa shape index (κ2) is 5.46. The molecular formula is C21H22N4O. The van der Waals surface area contributed by atoms with Crippen molar-refractivity contribution < 1.29 is 5.11 Å². The van der Waals surface area contributed by atoms with Gasteiger partial charge in [-0.15, -0.1) is 0 Å². The minimum absolute atomic E-state index is 0.581. The van der Waals surface area contributed by atoms with Crippen molar-refractivity contribution in [2.24, 2.45) is 0 Å². The Morgan fingerprint density at radius 1 is 1.15 bits per heavy atom. The van der Waals surface area contributed by atoms with Gasteiger partial charge >= 0.3 is 0 Å². The fourth-order valence-electron chi connectivity index (χ4n) is 4.59. The van der Waals surface area contributed by atoms with Crippen LogP contribution >= 0.6 is 0 Å². The van der Waals surface area contributed by atoms with Crippen molar-refractivity contribution in [2.45, 2.75) is 44.6 Å². The quantitative estimate of drug-likeness (QED) is 0.735. The van der Waals surface area contributed by atoms with Gasteiger partial charge in [0.25, 0.3) is 0 Å². The van der Waals surface area contributed by atoms with Crippen LogP contribution in [0.2, 0.25) is 0 Å². The summed E-state index contributed by atoms with van der Waals surface area (Å²) >= 11 is 0. The average Bonchev–Trinajstić information content (AvgIpc) is 3.25. The van der Waals surface area contributed by atoms with Gasteiger partial charge in [0.05, 0.1) is 22.2 Å². The van der Waals surface area contributed by atoms with Crippen molar-refractivity contribution in [3.05, 3.63) is 41.0 Å². The molecule has 2 aliphatic rings. The van der Waals surface area contributed by atoms with Crippen LogP contribution in [0.15, 0.2) is 24.3 Å². The molecule has 2 aromatic heterocycles. The second-order valence-corrected chi connectivity index (χ2v) is 7.86. The number of aromatic nitrogens is 2. The summed E-state index contributed by atoms with van der Waals surface area (Å²) in [5, 5.41) is 20.2. The van der Waals surface area contributed by atoms with E-state index in [1.807, 2.05) is 25.1 Å². The molecule has 0 bridgehead atoms. The molecule has 1 aliphatic heterocycles. The van der Waals surface area contributed by atoms with E-state index in [0.29, 0.717) is 0 Å². The molecule has 0 saturated carbocycles. The third-order valence-electron chi connectivity index (χ3n) is 6.04. The van der Waals surface area contributed by atoms with Gasteiger partial charge in [-0.1, -0.05) is 12.1 Å². The molecule has 3 heterocycles. The summed E-state index contributed by atoms with van der Waals surface area (Å²) in [5.74, 6) is 1.19. The normalized spacial score (nSPS) is 19.0. The van der Waals surface area contributed by atoms with Gasteiger partial charge in [-0.25, -0.2) is 4.98 Å². The van der Waals surface area contributed by atoms with Gasteiger partial charge < -0.3 is 10.0 Å². The van der Waals surface area contributed by atoms with Gasteiger partial charge in [0, 0.05) is 13.1 Å². The number of pyridine rings is 1. The van der Waals surface area contributed by atoms with E-state index in [1.165, 1.54) is 16.9 Å². The zero-order chi connectivity index (χ0) is 17.9. The van der Waals surface area contributed by atoms with E-state index >= 15 is 0 Å². The van der Waals surface area contributed by atoms with Gasteiger partial charge in [-0.05, 0) is 62.3 Å². The maximum Gasteiger partial charge on any atom is 0.157 e. The molecule has 5 heteroatoms. The number of nitriles is 1. The van der Waals surface area contributed by atoms with Crippen LogP contribution in [0.1, 0.15) is 42.9 Å². The molecule has 1 saturated heterocycles. The van der Waals surface area contributed by atoms with Crippen LogP contribution in [0.25, 0.3) is 16.7 Å². The van der Waals surface area contributed by atoms with Gasteiger partial charge in [-0.2, -0.15) is 5.26 Å². The number of benzene rings is 1. The molecule has 0 atom stereocenters. The predicted octanol–water partition coefficient (Wildman–Crippen LogP) is 3.20. The molecule has 1 fully saturated rings. The SMILES string of the molecule is CC1(O)CCN(c2c3c(c(C#N)c4nc5ccccc5n24)CCC3)CC1. The maximum absolute atomic E-state index is 10.4. The lowest BCUT2D eigenvalue weighted by atomic mass is 9.93. The molecule has 26 heavy (non-hydrogen) atoms. The molecule has 0 radical (unpaired) electrons. The Labute approximate surface area is 152 Å². The summed E-state index contributed by atoms with van der Waals surface area (Å²) < 4.78 is 2.19. The third-order valence-corrected chi connectivity index (χ3v) is 6.04. The van der Waals surface area contributed by atoms with Crippen molar-refractivity contribution in [1.82, 2.24) is 9.38 Å². The number of aliphatic hydroxyl groups is 1. The van der Waals surface area contributed by atoms with Crippen LogP contribution in [0.4, 0.5) is 5.82 Å². The summed E-state index contributed by atoms with van der Waals surface area (Å²) in [6.07, 6.45) is 4.57. The highest BCUT2D eigenvalue weighted by Crippen LogP contribution is 2.39. The Bertz CT molecular complexity index is 1060. The van der Waals surface area contributed by atoms with Crippen molar-refractivity contribution in [1.29, 1.82) is 5.26 Å². The van der Waals surface area contributed by atoms with Crippen molar-refractivity contribution in [2.75, 3.05) is 18.0 Å². The number of hydrogen-bond donors (Lipinski definition) is 1. The van der Waals surface area contributed by atoms with Crippen LogP contribution in [0.3, 0.4) is 0 Å². The van der Waals surface area contributed by atoms with E-state index in [-0.39, 0.29) is 0 Å². The largest absolute Gasteiger partial charge is 0.390 e. The maximum atomic E-state index is 10.4. The van der Waals surface area contributed by atoms with E-state index in [0.717, 1.165) is 67.4 Å². The van der Waals surface area contributed by atoms with Gasteiger partial charge in [0.1, 0.15) is 11.9 Å². The fraction of sp³-hybridized carbons (Fsp3) is 0.429. The molecular weight excluding hydrogens is 324 g/mol. The lowest BCUT2D eigenvalue weighted by molar-refractivity contribution is 0.0349. The Balaban J connectivity index is 1.83. The standard InChI is InChI=1S/C21H22N4O/c1-21(26)9-11-24(12-10-21)20-15-6-4-5-14(15)16(13-22)19-23-17-7-2-3-8-18(17)25(19)20/h2-3,7-8,26H,4-6,9-12H2,1H3. The first kappa shape index (κ1) is 15.7. The van der Waals surface area contributed by atoms with Crippen molar-refractivity contribution in [3.8, 4) is 6.07 Å². The number of nitrogens with zero attached hydrogens (tertiary/aromatic N) is 4. The summed E-state index contributed by atoms with van der Waals surface area (Å²) in [6.45, 7) is 3.58. The zero-order valence-electron chi connectivity index (χ0n) is 15.0. The summed E-state index contributed by atoms with van der Waals surface area (Å²) in [5.41, 5.74) is 5.41. The summed E-state index contributed by atoms with van der Waals surface area (Å²) in [4.78, 5) is 7.21. The minimum Gasteiger partial charge on any atom is -0.390 e. The third kappa shape index (κ3) is 2.15. The molecule has 1 aromatic carbocycles. The van der Waals surface area contributed by atoms with Gasteiger partial charge in [0.2, 0.25) is 0 Å². The van der Waals surface area contributed by atoms with Crippen LogP contribution in [-0.2, 0) is 12.8 Å². The number of rotatable bonds is 1. The van der Waals surface area contributed by atoms with Crippen LogP contribution < -0.4 is 4.90 Å². The molecule has 0 amide bonds. The number of anilines is 1. The predicted molar refractivity (Wildman–Crippen MR) is 102 cm³/mol. The number of piperidine rings is 1. The monoisotopic (exact) mass is 346 g/mol. The van der Waals surface area contributed by atoms with Crippen LogP contribution in [-0.4, -0.2) is 33.2 Å². The number of fused-ring (bicyclic) bond motifs is 4. The highest BCUT2D eigenvalue weighted by Gasteiger charge is 2.33. The number of para-hydroxylation sites is 2. The first-order chi connectivity index (χ1) is 12.6. The average molecular weight is 346 g/mol. The van der Waals surface area contributed by atoms with Crippen LogP contribution in [0, 0.1) is 11.3 Å². The Morgan fingerprint density at radius 3 is 2.65 bits per heavy atom. The Hall–Kier alpha value is -2.58. The number of imidazole rings is 1. The second-order valence-electron chi connectivity index (χ2n) is 7.86. The smallest absolute Gasteiger partial charge is 0.157 e. The molecule has 1 aliphatic carbocycles. The highest BCUT2D eigenvalue weighted by molar-refractivity contribution is 5.86. The zero-order valence-corrected chi connectivity index (χ0v) is 15.0. The Kier molecular flexibility index (Phi) is 3.29. The van der Waals surface area contributed by atoms with E-state index in [1.54, 1.807) is 0 Å². The molecule has 1 N–H and O–H groups in total. The fourth-order valence-corrected chi connectivity index (χ4v) is 4.59. The molecule has 132 valence electrons. The molecule has 5 rings (SSSR count). The van der Waals surface area contributed by atoms with E-state index in [2.05, 4.69) is 21.4 Å². The first-order valence-electron chi connectivity index (χ1n) is 9.41. The first-order valence-corrected chi connectivity index (χ1v) is 9.41. The Morgan fingerprint density at radius 2 is 1.88 bits per heavy atom. The lowest BCUT2D eigenvalue weighted by Crippen LogP contribution is -2.43. The lowest BCUT2D eigenvalue weighted by Gasteiger charge is -2.38. The molecule has 5 nitrogen and oxygen atoms in total. The molecule has 0 unspecified atom stereocenters. The topological polar surface area (TPSA) is 64.6 Å². The van der Waals surface area contributed by atoms with Gasteiger partial charge in [0.15, 0.2) is 5.65 Å². The summed E-state index contributed by atoms with van der Waals surface area (Å²) in [7, 11) is 0. The minimum atomic E-state index is -0.581. The van der Waals surface area contributed by atoms with Crippen molar-refractivity contribution in [3.63, 3.8) is 0 Å². The van der Waals surface area contributed by atoms with Gasteiger partial charge in [-0.3, -0.25) is 4.40 Å². The summed E-state index contributed by atoms with van der Waals surface area (Å²) in [6, 6.07) is 10.6. The van der Waals surface area contributed by atoms with Crippen molar-refractivity contribution >= 4 is 22.5 Å².